The van der Waals surface area contributed by atoms with E-state index >= 15 is 0 Å². The third-order valence-electron chi connectivity index (χ3n) is 4.72. The van der Waals surface area contributed by atoms with Crippen molar-refractivity contribution >= 4 is 29.3 Å². The van der Waals surface area contributed by atoms with Crippen LogP contribution in [0.2, 0.25) is 0 Å². The first kappa shape index (κ1) is 24.1. The smallest absolute Gasteiger partial charge is 0.184 e. The van der Waals surface area contributed by atoms with E-state index in [0.29, 0.717) is 23.8 Å². The van der Waals surface area contributed by atoms with Gasteiger partial charge in [-0.15, -0.1) is 11.6 Å². The van der Waals surface area contributed by atoms with Crippen molar-refractivity contribution in [2.24, 2.45) is 0 Å². The number of nitrogens with one attached hydrogen (secondary N) is 1. The Morgan fingerprint density at radius 1 is 1.17 bits per heavy atom. The average molecular weight is 447 g/mol. The predicted octanol–water partition coefficient (Wildman–Crippen LogP) is 4.71. The van der Waals surface area contributed by atoms with Gasteiger partial charge in [-0.25, -0.2) is 0 Å². The molecule has 0 bridgehead atoms. The van der Waals surface area contributed by atoms with Crippen molar-refractivity contribution < 1.29 is 14.3 Å². The molecule has 30 heavy (non-hydrogen) atoms. The van der Waals surface area contributed by atoms with E-state index in [-0.39, 0.29) is 18.9 Å². The Morgan fingerprint density at radius 2 is 1.87 bits per heavy atom. The summed E-state index contributed by atoms with van der Waals surface area (Å²) >= 11 is 7.06. The van der Waals surface area contributed by atoms with E-state index in [2.05, 4.69) is 24.6 Å². The second kappa shape index (κ2) is 11.8. The van der Waals surface area contributed by atoms with Crippen LogP contribution >= 0.6 is 23.5 Å². The topological polar surface area (TPSA) is 71.3 Å². The van der Waals surface area contributed by atoms with Gasteiger partial charge in [0.15, 0.2) is 5.78 Å². The summed E-state index contributed by atoms with van der Waals surface area (Å²) in [6, 6.07) is 15.5. The highest BCUT2D eigenvalue weighted by Gasteiger charge is 2.26. The second-order valence-corrected chi connectivity index (χ2v) is 8.29. The van der Waals surface area contributed by atoms with Crippen LogP contribution in [-0.4, -0.2) is 37.7 Å². The number of benzene rings is 2. The monoisotopic (exact) mass is 446 g/mol. The van der Waals surface area contributed by atoms with E-state index in [1.54, 1.807) is 12.1 Å². The summed E-state index contributed by atoms with van der Waals surface area (Å²) in [4.78, 5) is 11.8. The Morgan fingerprint density at radius 3 is 2.50 bits per heavy atom. The molecule has 0 aliphatic rings. The Bertz CT molecular complexity index is 879. The number of ketones is 1. The molecule has 2 rings (SSSR count). The zero-order valence-electron chi connectivity index (χ0n) is 17.5. The first-order valence-electron chi connectivity index (χ1n) is 9.66. The fourth-order valence-electron chi connectivity index (χ4n) is 2.99. The maximum absolute atomic E-state index is 11.8. The molecule has 0 spiro atoms. The number of alkyl halides is 1. The van der Waals surface area contributed by atoms with E-state index in [1.165, 1.54) is 11.9 Å². The lowest BCUT2D eigenvalue weighted by Gasteiger charge is -2.27. The Kier molecular flexibility index (Phi) is 9.51. The number of nitriles is 1. The third-order valence-corrected chi connectivity index (χ3v) is 5.42. The van der Waals surface area contributed by atoms with Crippen molar-refractivity contribution in [1.82, 2.24) is 4.72 Å². The number of Topliss-reactive ketones (excluding diaryl/α,β-unsaturated/α-hetero) is 1. The number of carbonyl (C=O) groups is 1. The highest BCUT2D eigenvalue weighted by molar-refractivity contribution is 7.96. The molecule has 0 fully saturated rings. The fraction of sp³-hybridized carbons (Fsp3) is 0.391. The molecule has 0 heterocycles. The molecular weight excluding hydrogens is 420 g/mol. The summed E-state index contributed by atoms with van der Waals surface area (Å²) in [6.07, 6.45) is 2.66. The number of hydrogen-bond acceptors (Lipinski definition) is 6. The fourth-order valence-corrected chi connectivity index (χ4v) is 3.40. The van der Waals surface area contributed by atoms with Crippen LogP contribution in [0.5, 0.6) is 11.5 Å². The summed E-state index contributed by atoms with van der Waals surface area (Å²) in [5.41, 5.74) is 2.09. The molecule has 2 aromatic carbocycles. The standard InChI is InChI=1S/C23H27ClN2O3S/c1-23(2,18-5-7-20(8-6-18)28-12-4-11-24)22-10-9-21(13-17(22)14-25)29-16-19(27)15-26-30-3/h5-10,13,26H,4,11-12,15-16H2,1-3H3. The SMILES string of the molecule is CSNCC(=O)COc1ccc(C(C)(C)c2ccc(OCCCCl)cc2)c(C#N)c1. The van der Waals surface area contributed by atoms with Crippen molar-refractivity contribution in [2.75, 3.05) is 31.9 Å². The minimum absolute atomic E-state index is 0.0354. The maximum atomic E-state index is 11.8. The van der Waals surface area contributed by atoms with Crippen molar-refractivity contribution in [3.05, 3.63) is 59.2 Å². The minimum Gasteiger partial charge on any atom is -0.494 e. The molecule has 0 aliphatic heterocycles. The zero-order chi connectivity index (χ0) is 22.0. The van der Waals surface area contributed by atoms with Crippen molar-refractivity contribution in [3.63, 3.8) is 0 Å². The van der Waals surface area contributed by atoms with Crippen LogP contribution in [0.25, 0.3) is 0 Å². The Hall–Kier alpha value is -2.20. The summed E-state index contributed by atoms with van der Waals surface area (Å²) in [5.74, 6) is 1.82. The molecule has 5 nitrogen and oxygen atoms in total. The summed E-state index contributed by atoms with van der Waals surface area (Å²) in [5, 5.41) is 9.70. The first-order valence-corrected chi connectivity index (χ1v) is 11.4. The molecule has 0 amide bonds. The van der Waals surface area contributed by atoms with E-state index in [4.69, 9.17) is 21.1 Å². The van der Waals surface area contributed by atoms with Crippen LogP contribution in [0.3, 0.4) is 0 Å². The van der Waals surface area contributed by atoms with E-state index in [9.17, 15) is 10.1 Å². The number of nitrogens with zero attached hydrogens (tertiary/aromatic N) is 1. The quantitative estimate of drug-likeness (QED) is 0.289. The first-order chi connectivity index (χ1) is 14.4. The van der Waals surface area contributed by atoms with Gasteiger partial charge in [0, 0.05) is 11.3 Å². The van der Waals surface area contributed by atoms with Crippen LogP contribution < -0.4 is 14.2 Å². The van der Waals surface area contributed by atoms with Gasteiger partial charge in [0.25, 0.3) is 0 Å². The third kappa shape index (κ3) is 6.66. The van der Waals surface area contributed by atoms with Gasteiger partial charge in [-0.3, -0.25) is 9.52 Å². The molecular formula is C23H27ClN2O3S. The number of halogens is 1. The second-order valence-electron chi connectivity index (χ2n) is 7.21. The molecule has 160 valence electrons. The van der Waals surface area contributed by atoms with Gasteiger partial charge in [0.05, 0.1) is 24.8 Å². The number of carbonyl (C=O) groups excluding carboxylic acids is 1. The molecule has 0 saturated heterocycles. The molecule has 0 radical (unpaired) electrons. The van der Waals surface area contributed by atoms with Gasteiger partial charge >= 0.3 is 0 Å². The van der Waals surface area contributed by atoms with Crippen molar-refractivity contribution in [2.45, 2.75) is 25.7 Å². The van der Waals surface area contributed by atoms with Gasteiger partial charge in [-0.05, 0) is 48.1 Å². The Labute approximate surface area is 187 Å². The zero-order valence-corrected chi connectivity index (χ0v) is 19.1. The molecule has 0 atom stereocenters. The van der Waals surface area contributed by atoms with E-state index in [0.717, 1.165) is 23.3 Å². The molecule has 0 saturated carbocycles. The van der Waals surface area contributed by atoms with Crippen molar-refractivity contribution in [3.8, 4) is 17.6 Å². The van der Waals surface area contributed by atoms with Gasteiger partial charge in [-0.2, -0.15) is 5.26 Å². The number of rotatable bonds is 12. The van der Waals surface area contributed by atoms with Crippen LogP contribution in [0.4, 0.5) is 0 Å². The summed E-state index contributed by atoms with van der Waals surface area (Å²) in [6.45, 7) is 4.94. The highest BCUT2D eigenvalue weighted by atomic mass is 35.5. The highest BCUT2D eigenvalue weighted by Crippen LogP contribution is 2.35. The number of hydrogen-bond donors (Lipinski definition) is 1. The van der Waals surface area contributed by atoms with Gasteiger partial charge < -0.3 is 9.47 Å². The van der Waals surface area contributed by atoms with Crippen LogP contribution in [0, 0.1) is 11.3 Å². The summed E-state index contributed by atoms with van der Waals surface area (Å²) < 4.78 is 14.1. The van der Waals surface area contributed by atoms with Gasteiger partial charge in [-0.1, -0.05) is 44.0 Å². The normalized spacial score (nSPS) is 11.0. The molecule has 0 aliphatic carbocycles. The Balaban J connectivity index is 2.14. The van der Waals surface area contributed by atoms with Gasteiger partial charge in [0.1, 0.15) is 18.1 Å². The molecule has 0 aromatic heterocycles. The van der Waals surface area contributed by atoms with Crippen molar-refractivity contribution in [1.29, 1.82) is 5.26 Å². The maximum Gasteiger partial charge on any atom is 0.184 e. The largest absolute Gasteiger partial charge is 0.494 e. The van der Waals surface area contributed by atoms with Crippen LogP contribution in [-0.2, 0) is 10.2 Å². The molecule has 0 unspecified atom stereocenters. The van der Waals surface area contributed by atoms with Crippen LogP contribution in [0.1, 0.15) is 37.0 Å². The lowest BCUT2D eigenvalue weighted by molar-refractivity contribution is -0.119. The van der Waals surface area contributed by atoms with Gasteiger partial charge in [0.2, 0.25) is 0 Å². The molecule has 7 heteroatoms. The minimum atomic E-state index is -0.393. The molecule has 2 aromatic rings. The van der Waals surface area contributed by atoms with Crippen LogP contribution in [0.15, 0.2) is 42.5 Å². The van der Waals surface area contributed by atoms with E-state index < -0.39 is 5.41 Å². The average Bonchev–Trinajstić information content (AvgIpc) is 2.76. The lowest BCUT2D eigenvalue weighted by Crippen LogP contribution is -2.23. The predicted molar refractivity (Wildman–Crippen MR) is 123 cm³/mol. The number of ether oxygens (including phenoxy) is 2. The molecule has 1 N–H and O–H groups in total. The summed E-state index contributed by atoms with van der Waals surface area (Å²) in [7, 11) is 0. The van der Waals surface area contributed by atoms with E-state index in [1.807, 2.05) is 36.6 Å². The lowest BCUT2D eigenvalue weighted by atomic mass is 9.76.